The molecule has 6 heteroatoms. The summed E-state index contributed by atoms with van der Waals surface area (Å²) in [4.78, 5) is 26.6. The molecule has 3 rings (SSSR count). The van der Waals surface area contributed by atoms with Crippen LogP contribution in [0.1, 0.15) is 28.3 Å². The van der Waals surface area contributed by atoms with Gasteiger partial charge in [-0.3, -0.25) is 9.78 Å². The minimum atomic E-state index is -0.0212. The third kappa shape index (κ3) is 2.96. The lowest BCUT2D eigenvalue weighted by Gasteiger charge is -2.21. The van der Waals surface area contributed by atoms with Gasteiger partial charge in [-0.2, -0.15) is 0 Å². The molecule has 5 nitrogen and oxygen atoms in total. The molecular formula is C13H14N4OS. The predicted octanol–water partition coefficient (Wildman–Crippen LogP) is 1.78. The van der Waals surface area contributed by atoms with Crippen molar-refractivity contribution in [1.29, 1.82) is 0 Å². The van der Waals surface area contributed by atoms with Gasteiger partial charge in [0.2, 0.25) is 0 Å². The summed E-state index contributed by atoms with van der Waals surface area (Å²) in [5.74, 6) is -0.0212. The Morgan fingerprint density at radius 3 is 2.84 bits per heavy atom. The minimum Gasteiger partial charge on any atom is -0.334 e. The van der Waals surface area contributed by atoms with Gasteiger partial charge in [-0.1, -0.05) is 0 Å². The van der Waals surface area contributed by atoms with Crippen LogP contribution in [0.25, 0.3) is 0 Å². The van der Waals surface area contributed by atoms with Gasteiger partial charge in [0.05, 0.1) is 11.2 Å². The van der Waals surface area contributed by atoms with Crippen LogP contribution in [0.5, 0.6) is 0 Å². The van der Waals surface area contributed by atoms with E-state index in [1.807, 2.05) is 10.3 Å². The molecule has 0 saturated heterocycles. The van der Waals surface area contributed by atoms with Gasteiger partial charge in [0.1, 0.15) is 5.69 Å². The van der Waals surface area contributed by atoms with Crippen LogP contribution in [-0.2, 0) is 6.42 Å². The molecule has 1 aliphatic rings. The average Bonchev–Trinajstić information content (AvgIpc) is 3.15. The topological polar surface area (TPSA) is 59.0 Å². The van der Waals surface area contributed by atoms with Crippen LogP contribution in [0, 0.1) is 0 Å². The lowest BCUT2D eigenvalue weighted by molar-refractivity contribution is 0.0738. The maximum absolute atomic E-state index is 12.4. The van der Waals surface area contributed by atoms with Crippen molar-refractivity contribution in [3.8, 4) is 0 Å². The number of hydrogen-bond acceptors (Lipinski definition) is 5. The number of hydrogen-bond donors (Lipinski definition) is 0. The van der Waals surface area contributed by atoms with Crippen LogP contribution in [0.2, 0.25) is 0 Å². The van der Waals surface area contributed by atoms with E-state index in [9.17, 15) is 4.79 Å². The summed E-state index contributed by atoms with van der Waals surface area (Å²) in [5.41, 5.74) is 0.425. The highest BCUT2D eigenvalue weighted by Crippen LogP contribution is 2.28. The Labute approximate surface area is 115 Å². The maximum Gasteiger partial charge on any atom is 0.274 e. The summed E-state index contributed by atoms with van der Waals surface area (Å²) in [6.07, 6.45) is 9.44. The molecule has 0 spiro atoms. The molecule has 1 amide bonds. The fourth-order valence-electron chi connectivity index (χ4n) is 1.99. The van der Waals surface area contributed by atoms with Gasteiger partial charge in [0, 0.05) is 43.0 Å². The summed E-state index contributed by atoms with van der Waals surface area (Å²) in [7, 11) is 0. The predicted molar refractivity (Wildman–Crippen MR) is 71.9 cm³/mol. The van der Waals surface area contributed by atoms with Crippen molar-refractivity contribution in [3.63, 3.8) is 0 Å². The minimum absolute atomic E-state index is 0.0212. The Hall–Kier alpha value is -1.82. The molecule has 0 bridgehead atoms. The number of carbonyl (C=O) groups is 1. The van der Waals surface area contributed by atoms with Gasteiger partial charge in [0.25, 0.3) is 5.91 Å². The Morgan fingerprint density at radius 1 is 1.32 bits per heavy atom. The van der Waals surface area contributed by atoms with Crippen LogP contribution in [-0.4, -0.2) is 38.3 Å². The highest BCUT2D eigenvalue weighted by atomic mass is 32.1. The molecule has 1 saturated carbocycles. The molecule has 0 radical (unpaired) electrons. The van der Waals surface area contributed by atoms with Crippen molar-refractivity contribution in [1.82, 2.24) is 19.9 Å². The molecule has 19 heavy (non-hydrogen) atoms. The summed E-state index contributed by atoms with van der Waals surface area (Å²) in [5, 5.41) is 3.03. The quantitative estimate of drug-likeness (QED) is 0.834. The molecule has 2 heterocycles. The Balaban J connectivity index is 1.69. The zero-order valence-electron chi connectivity index (χ0n) is 10.4. The standard InChI is InChI=1S/C13H14N4OS/c18-13(11-9-14-4-5-15-11)17(10-1-2-10)7-3-12-16-6-8-19-12/h4-6,8-10H,1-3,7H2. The fourth-order valence-corrected chi connectivity index (χ4v) is 2.60. The van der Waals surface area contributed by atoms with E-state index in [0.717, 1.165) is 24.3 Å². The van der Waals surface area contributed by atoms with E-state index in [1.165, 1.54) is 6.20 Å². The second kappa shape index (κ2) is 5.44. The SMILES string of the molecule is O=C(c1cnccn1)N(CCc1nccs1)C1CC1. The molecule has 0 atom stereocenters. The normalized spacial score (nSPS) is 14.3. The molecule has 0 aromatic carbocycles. The fraction of sp³-hybridized carbons (Fsp3) is 0.385. The largest absolute Gasteiger partial charge is 0.334 e. The molecule has 0 N–H and O–H groups in total. The number of aromatic nitrogens is 3. The van der Waals surface area contributed by atoms with Crippen LogP contribution in [0.4, 0.5) is 0 Å². The molecular weight excluding hydrogens is 260 g/mol. The first-order valence-corrected chi connectivity index (χ1v) is 7.18. The third-order valence-electron chi connectivity index (χ3n) is 3.08. The van der Waals surface area contributed by atoms with Crippen LogP contribution in [0.15, 0.2) is 30.2 Å². The summed E-state index contributed by atoms with van der Waals surface area (Å²) >= 11 is 1.63. The van der Waals surface area contributed by atoms with Crippen molar-refractivity contribution < 1.29 is 4.79 Å². The summed E-state index contributed by atoms with van der Waals surface area (Å²) < 4.78 is 0. The first-order chi connectivity index (χ1) is 9.34. The maximum atomic E-state index is 12.4. The molecule has 2 aromatic heterocycles. The molecule has 98 valence electrons. The van der Waals surface area contributed by atoms with Gasteiger partial charge in [-0.25, -0.2) is 9.97 Å². The number of nitrogens with zero attached hydrogens (tertiary/aromatic N) is 4. The van der Waals surface area contributed by atoms with E-state index < -0.39 is 0 Å². The van der Waals surface area contributed by atoms with Crippen molar-refractivity contribution >= 4 is 17.2 Å². The highest BCUT2D eigenvalue weighted by molar-refractivity contribution is 7.09. The Bertz CT molecular complexity index is 539. The molecule has 0 aliphatic heterocycles. The molecule has 0 unspecified atom stereocenters. The second-order valence-corrected chi connectivity index (χ2v) is 5.48. The number of rotatable bonds is 5. The van der Waals surface area contributed by atoms with E-state index in [-0.39, 0.29) is 5.91 Å². The van der Waals surface area contributed by atoms with Crippen molar-refractivity contribution in [2.24, 2.45) is 0 Å². The third-order valence-corrected chi connectivity index (χ3v) is 3.92. The lowest BCUT2D eigenvalue weighted by atomic mass is 10.3. The monoisotopic (exact) mass is 274 g/mol. The van der Waals surface area contributed by atoms with Crippen molar-refractivity contribution in [3.05, 3.63) is 40.9 Å². The van der Waals surface area contributed by atoms with E-state index in [0.29, 0.717) is 18.3 Å². The van der Waals surface area contributed by atoms with Gasteiger partial charge < -0.3 is 4.90 Å². The average molecular weight is 274 g/mol. The van der Waals surface area contributed by atoms with Crippen LogP contribution in [0.3, 0.4) is 0 Å². The van der Waals surface area contributed by atoms with E-state index in [1.54, 1.807) is 29.9 Å². The number of carbonyl (C=O) groups excluding carboxylic acids is 1. The van der Waals surface area contributed by atoms with Crippen molar-refractivity contribution in [2.45, 2.75) is 25.3 Å². The number of amides is 1. The summed E-state index contributed by atoms with van der Waals surface area (Å²) in [6, 6.07) is 0.370. The Kier molecular flexibility index (Phi) is 3.50. The van der Waals surface area contributed by atoms with E-state index in [4.69, 9.17) is 0 Å². The lowest BCUT2D eigenvalue weighted by Crippen LogP contribution is -2.35. The molecule has 2 aromatic rings. The Morgan fingerprint density at radius 2 is 2.21 bits per heavy atom. The smallest absolute Gasteiger partial charge is 0.274 e. The van der Waals surface area contributed by atoms with Gasteiger partial charge in [-0.15, -0.1) is 11.3 Å². The molecule has 1 fully saturated rings. The zero-order chi connectivity index (χ0) is 13.1. The highest BCUT2D eigenvalue weighted by Gasteiger charge is 2.33. The van der Waals surface area contributed by atoms with Crippen molar-refractivity contribution in [2.75, 3.05) is 6.54 Å². The van der Waals surface area contributed by atoms with Crippen LogP contribution >= 0.6 is 11.3 Å². The first kappa shape index (κ1) is 12.2. The van der Waals surface area contributed by atoms with Gasteiger partial charge >= 0.3 is 0 Å². The van der Waals surface area contributed by atoms with Crippen LogP contribution < -0.4 is 0 Å². The first-order valence-electron chi connectivity index (χ1n) is 6.30. The number of thiazole rings is 1. The van der Waals surface area contributed by atoms with E-state index >= 15 is 0 Å². The van der Waals surface area contributed by atoms with Gasteiger partial charge in [0.15, 0.2) is 0 Å². The zero-order valence-corrected chi connectivity index (χ0v) is 11.2. The van der Waals surface area contributed by atoms with Gasteiger partial charge in [-0.05, 0) is 12.8 Å². The summed E-state index contributed by atoms with van der Waals surface area (Å²) in [6.45, 7) is 0.702. The second-order valence-electron chi connectivity index (χ2n) is 4.50. The van der Waals surface area contributed by atoms with E-state index in [2.05, 4.69) is 15.0 Å². The molecule has 1 aliphatic carbocycles.